The number of hydrogen-bond donors (Lipinski definition) is 1. The Kier molecular flexibility index (Phi) is 4.33. The molecule has 4 nitrogen and oxygen atoms in total. The molecule has 0 fully saturated rings. The number of rotatable bonds is 5. The predicted molar refractivity (Wildman–Crippen MR) is 93.4 cm³/mol. The molecule has 1 heterocycles. The summed E-state index contributed by atoms with van der Waals surface area (Å²) < 4.78 is 10.7. The van der Waals surface area contributed by atoms with Crippen LogP contribution in [-0.4, -0.2) is 19.2 Å². The van der Waals surface area contributed by atoms with E-state index in [1.54, 1.807) is 14.2 Å². The standard InChI is InChI=1S/C19H20N2O2/c1-13-4-7-17-14(10-13)8-9-20-19(17)21-12-15-5-6-16(22-2)11-18(15)23-3/h4-11H,12H2,1-3H3,(H,20,21). The quantitative estimate of drug-likeness (QED) is 0.768. The van der Waals surface area contributed by atoms with Crippen LogP contribution in [0.1, 0.15) is 11.1 Å². The normalized spacial score (nSPS) is 10.6. The number of hydrogen-bond acceptors (Lipinski definition) is 4. The van der Waals surface area contributed by atoms with E-state index in [0.717, 1.165) is 28.3 Å². The molecule has 0 bridgehead atoms. The maximum atomic E-state index is 5.44. The number of anilines is 1. The fourth-order valence-corrected chi connectivity index (χ4v) is 2.62. The summed E-state index contributed by atoms with van der Waals surface area (Å²) in [5.41, 5.74) is 2.30. The highest BCUT2D eigenvalue weighted by Gasteiger charge is 2.07. The lowest BCUT2D eigenvalue weighted by atomic mass is 10.1. The van der Waals surface area contributed by atoms with E-state index in [0.29, 0.717) is 6.54 Å². The van der Waals surface area contributed by atoms with E-state index in [-0.39, 0.29) is 0 Å². The number of nitrogens with one attached hydrogen (secondary N) is 1. The van der Waals surface area contributed by atoms with Gasteiger partial charge in [-0.05, 0) is 30.5 Å². The highest BCUT2D eigenvalue weighted by molar-refractivity contribution is 5.92. The maximum absolute atomic E-state index is 5.44. The van der Waals surface area contributed by atoms with Gasteiger partial charge in [0.05, 0.1) is 14.2 Å². The van der Waals surface area contributed by atoms with Crippen LogP contribution in [0.2, 0.25) is 0 Å². The summed E-state index contributed by atoms with van der Waals surface area (Å²) >= 11 is 0. The molecule has 0 aliphatic heterocycles. The summed E-state index contributed by atoms with van der Waals surface area (Å²) in [6, 6.07) is 14.2. The van der Waals surface area contributed by atoms with Gasteiger partial charge in [0.2, 0.25) is 0 Å². The van der Waals surface area contributed by atoms with Gasteiger partial charge in [0.25, 0.3) is 0 Å². The summed E-state index contributed by atoms with van der Waals surface area (Å²) in [5.74, 6) is 2.46. The van der Waals surface area contributed by atoms with Crippen LogP contribution < -0.4 is 14.8 Å². The molecule has 0 aliphatic carbocycles. The van der Waals surface area contributed by atoms with Crippen LogP contribution in [0.25, 0.3) is 10.8 Å². The molecule has 0 atom stereocenters. The van der Waals surface area contributed by atoms with Gasteiger partial charge in [0.15, 0.2) is 0 Å². The summed E-state index contributed by atoms with van der Waals surface area (Å²) in [5, 5.41) is 5.70. The van der Waals surface area contributed by atoms with Crippen LogP contribution in [-0.2, 0) is 6.54 Å². The van der Waals surface area contributed by atoms with Crippen molar-refractivity contribution in [2.24, 2.45) is 0 Å². The van der Waals surface area contributed by atoms with E-state index < -0.39 is 0 Å². The fraction of sp³-hybridized carbons (Fsp3) is 0.211. The van der Waals surface area contributed by atoms with E-state index >= 15 is 0 Å². The van der Waals surface area contributed by atoms with Gasteiger partial charge in [0.1, 0.15) is 17.3 Å². The molecule has 1 N–H and O–H groups in total. The van der Waals surface area contributed by atoms with Crippen molar-refractivity contribution in [2.45, 2.75) is 13.5 Å². The van der Waals surface area contributed by atoms with Gasteiger partial charge in [-0.1, -0.05) is 23.8 Å². The van der Waals surface area contributed by atoms with Gasteiger partial charge in [-0.3, -0.25) is 0 Å². The molecule has 4 heteroatoms. The zero-order chi connectivity index (χ0) is 16.2. The first kappa shape index (κ1) is 15.2. The van der Waals surface area contributed by atoms with Crippen molar-refractivity contribution in [3.8, 4) is 11.5 Å². The second-order valence-corrected chi connectivity index (χ2v) is 5.42. The second-order valence-electron chi connectivity index (χ2n) is 5.42. The Hall–Kier alpha value is -2.75. The third-order valence-electron chi connectivity index (χ3n) is 3.86. The van der Waals surface area contributed by atoms with Crippen molar-refractivity contribution in [1.29, 1.82) is 0 Å². The summed E-state index contributed by atoms with van der Waals surface area (Å²) in [6.45, 7) is 2.72. The molecular formula is C19H20N2O2. The zero-order valence-corrected chi connectivity index (χ0v) is 13.6. The van der Waals surface area contributed by atoms with E-state index in [4.69, 9.17) is 9.47 Å². The van der Waals surface area contributed by atoms with Crippen LogP contribution in [0.4, 0.5) is 5.82 Å². The monoisotopic (exact) mass is 308 g/mol. The minimum Gasteiger partial charge on any atom is -0.497 e. The van der Waals surface area contributed by atoms with E-state index in [2.05, 4.69) is 35.4 Å². The molecule has 0 saturated carbocycles. The lowest BCUT2D eigenvalue weighted by Gasteiger charge is -2.13. The maximum Gasteiger partial charge on any atom is 0.134 e. The van der Waals surface area contributed by atoms with E-state index in [9.17, 15) is 0 Å². The average Bonchev–Trinajstić information content (AvgIpc) is 2.59. The lowest BCUT2D eigenvalue weighted by molar-refractivity contribution is 0.391. The van der Waals surface area contributed by atoms with Gasteiger partial charge >= 0.3 is 0 Å². The smallest absolute Gasteiger partial charge is 0.134 e. The third-order valence-corrected chi connectivity index (χ3v) is 3.86. The van der Waals surface area contributed by atoms with E-state index in [1.165, 1.54) is 10.9 Å². The number of nitrogens with zero attached hydrogens (tertiary/aromatic N) is 1. The average molecular weight is 308 g/mol. The van der Waals surface area contributed by atoms with Gasteiger partial charge in [-0.25, -0.2) is 4.98 Å². The van der Waals surface area contributed by atoms with Gasteiger partial charge < -0.3 is 14.8 Å². The number of ether oxygens (including phenoxy) is 2. The molecule has 0 radical (unpaired) electrons. The highest BCUT2D eigenvalue weighted by atomic mass is 16.5. The Bertz CT molecular complexity index is 831. The molecule has 0 unspecified atom stereocenters. The van der Waals surface area contributed by atoms with Crippen LogP contribution in [0, 0.1) is 6.92 Å². The second kappa shape index (κ2) is 6.57. The number of aryl methyl sites for hydroxylation is 1. The molecule has 1 aromatic heterocycles. The summed E-state index contributed by atoms with van der Waals surface area (Å²) in [7, 11) is 3.31. The SMILES string of the molecule is COc1ccc(CNc2nccc3cc(C)ccc23)c(OC)c1. The Morgan fingerprint density at radius 1 is 1.00 bits per heavy atom. The Morgan fingerprint density at radius 3 is 2.65 bits per heavy atom. The van der Waals surface area contributed by atoms with Crippen LogP contribution >= 0.6 is 0 Å². The van der Waals surface area contributed by atoms with Crippen molar-refractivity contribution in [2.75, 3.05) is 19.5 Å². The number of aromatic nitrogens is 1. The van der Waals surface area contributed by atoms with Crippen molar-refractivity contribution in [1.82, 2.24) is 4.98 Å². The molecule has 118 valence electrons. The number of fused-ring (bicyclic) bond motifs is 1. The topological polar surface area (TPSA) is 43.4 Å². The molecule has 0 saturated heterocycles. The zero-order valence-electron chi connectivity index (χ0n) is 13.6. The van der Waals surface area contributed by atoms with E-state index in [1.807, 2.05) is 30.5 Å². The van der Waals surface area contributed by atoms with Crippen LogP contribution in [0.15, 0.2) is 48.7 Å². The molecular weight excluding hydrogens is 288 g/mol. The third kappa shape index (κ3) is 3.21. The minimum absolute atomic E-state index is 0.632. The first-order valence-corrected chi connectivity index (χ1v) is 7.51. The number of methoxy groups -OCH3 is 2. The number of benzene rings is 2. The molecule has 0 amide bonds. The highest BCUT2D eigenvalue weighted by Crippen LogP contribution is 2.27. The Labute approximate surface area is 136 Å². The van der Waals surface area contributed by atoms with Gasteiger partial charge in [-0.15, -0.1) is 0 Å². The molecule has 3 aromatic rings. The van der Waals surface area contributed by atoms with Crippen LogP contribution in [0.3, 0.4) is 0 Å². The molecule has 23 heavy (non-hydrogen) atoms. The van der Waals surface area contributed by atoms with Crippen LogP contribution in [0.5, 0.6) is 11.5 Å². The van der Waals surface area contributed by atoms with Gasteiger partial charge in [0, 0.05) is 29.8 Å². The predicted octanol–water partition coefficient (Wildman–Crippen LogP) is 4.17. The molecule has 0 aliphatic rings. The first-order valence-electron chi connectivity index (χ1n) is 7.51. The van der Waals surface area contributed by atoms with Gasteiger partial charge in [-0.2, -0.15) is 0 Å². The number of pyridine rings is 1. The largest absolute Gasteiger partial charge is 0.497 e. The minimum atomic E-state index is 0.632. The molecule has 2 aromatic carbocycles. The van der Waals surface area contributed by atoms with Crippen molar-refractivity contribution in [3.05, 3.63) is 59.8 Å². The summed E-state index contributed by atoms with van der Waals surface area (Å²) in [4.78, 5) is 4.46. The van der Waals surface area contributed by atoms with Crippen molar-refractivity contribution >= 4 is 16.6 Å². The first-order chi connectivity index (χ1) is 11.2. The fourth-order valence-electron chi connectivity index (χ4n) is 2.62. The van der Waals surface area contributed by atoms with Crippen molar-refractivity contribution in [3.63, 3.8) is 0 Å². The molecule has 0 spiro atoms. The van der Waals surface area contributed by atoms with Crippen molar-refractivity contribution < 1.29 is 9.47 Å². The Balaban J connectivity index is 1.86. The lowest BCUT2D eigenvalue weighted by Crippen LogP contribution is -2.04. The Morgan fingerprint density at radius 2 is 1.87 bits per heavy atom. The molecule has 3 rings (SSSR count). The summed E-state index contributed by atoms with van der Waals surface area (Å²) in [6.07, 6.45) is 1.83.